The van der Waals surface area contributed by atoms with E-state index in [0.717, 1.165) is 18.4 Å². The zero-order valence-electron chi connectivity index (χ0n) is 13.9. The van der Waals surface area contributed by atoms with Crippen LogP contribution in [0.5, 0.6) is 0 Å². The Morgan fingerprint density at radius 2 is 1.91 bits per heavy atom. The Kier molecular flexibility index (Phi) is 5.19. The van der Waals surface area contributed by atoms with E-state index in [4.69, 9.17) is 11.6 Å². The Morgan fingerprint density at radius 3 is 2.39 bits per heavy atom. The zero-order chi connectivity index (χ0) is 17.3. The third-order valence-electron chi connectivity index (χ3n) is 4.44. The number of halogens is 1. The number of carboxylic acids is 1. The van der Waals surface area contributed by atoms with Gasteiger partial charge in [0, 0.05) is 0 Å². The quantitative estimate of drug-likeness (QED) is 0.830. The molecule has 0 saturated carbocycles. The molecular formula is C17H23ClN2O3. The number of H-pyrrole nitrogens is 1. The summed E-state index contributed by atoms with van der Waals surface area (Å²) >= 11 is 6.24. The van der Waals surface area contributed by atoms with Crippen LogP contribution in [0.25, 0.3) is 11.0 Å². The maximum atomic E-state index is 12.5. The van der Waals surface area contributed by atoms with E-state index in [1.165, 1.54) is 4.57 Å². The molecule has 1 unspecified atom stereocenters. The molecule has 2 rings (SSSR count). The second-order valence-electron chi connectivity index (χ2n) is 6.20. The van der Waals surface area contributed by atoms with Crippen molar-refractivity contribution in [3.05, 3.63) is 33.2 Å². The first-order valence-corrected chi connectivity index (χ1v) is 8.36. The molecule has 1 aromatic heterocycles. The molecule has 2 N–H and O–H groups in total. The molecule has 6 heteroatoms. The summed E-state index contributed by atoms with van der Waals surface area (Å²) in [5, 5.41) is 10.0. The van der Waals surface area contributed by atoms with Crippen LogP contribution in [0.15, 0.2) is 16.9 Å². The number of nitrogens with one attached hydrogen (secondary N) is 1. The number of carbonyl (C=O) groups is 1. The number of aromatic amines is 1. The van der Waals surface area contributed by atoms with Crippen molar-refractivity contribution in [3.8, 4) is 0 Å². The van der Waals surface area contributed by atoms with Crippen molar-refractivity contribution in [1.29, 1.82) is 0 Å². The molecule has 2 aromatic rings. The first-order valence-electron chi connectivity index (χ1n) is 7.98. The molecular weight excluding hydrogens is 316 g/mol. The maximum absolute atomic E-state index is 12.5. The minimum atomic E-state index is -1.02. The Bertz CT molecular complexity index is 772. The van der Waals surface area contributed by atoms with Crippen LogP contribution >= 0.6 is 11.6 Å². The highest BCUT2D eigenvalue weighted by atomic mass is 35.5. The van der Waals surface area contributed by atoms with E-state index < -0.39 is 17.7 Å². The fraction of sp³-hybridized carbons (Fsp3) is 0.529. The lowest BCUT2D eigenvalue weighted by molar-refractivity contribution is -0.142. The zero-order valence-corrected chi connectivity index (χ0v) is 14.6. The van der Waals surface area contributed by atoms with E-state index in [1.54, 1.807) is 19.9 Å². The number of aromatic nitrogens is 2. The molecule has 0 aliphatic rings. The summed E-state index contributed by atoms with van der Waals surface area (Å²) in [7, 11) is 0. The lowest BCUT2D eigenvalue weighted by Crippen LogP contribution is -2.32. The summed E-state index contributed by atoms with van der Waals surface area (Å²) in [6, 6.07) is 2.75. The Hall–Kier alpha value is -1.75. The number of hydrogen-bond acceptors (Lipinski definition) is 2. The van der Waals surface area contributed by atoms with Crippen LogP contribution in [0.3, 0.4) is 0 Å². The van der Waals surface area contributed by atoms with Crippen LogP contribution in [-0.4, -0.2) is 20.6 Å². The van der Waals surface area contributed by atoms with Gasteiger partial charge in [-0.25, -0.2) is 9.59 Å². The van der Waals surface area contributed by atoms with Gasteiger partial charge >= 0.3 is 11.7 Å². The van der Waals surface area contributed by atoms with E-state index in [2.05, 4.69) is 18.8 Å². The standard InChI is InChI=1S/C17H23ClN2O3/c1-5-10(6-2)11-7-8-12(18)13-15(11)20(17(23)19-13)14(9(3)4)16(21)22/h7-10,14H,5-6H2,1-4H3,(H,19,23)(H,21,22). The molecule has 1 heterocycles. The summed E-state index contributed by atoms with van der Waals surface area (Å²) in [5.74, 6) is -0.992. The first-order chi connectivity index (χ1) is 10.8. The van der Waals surface area contributed by atoms with E-state index in [9.17, 15) is 14.7 Å². The highest BCUT2D eigenvalue weighted by molar-refractivity contribution is 6.35. The predicted molar refractivity (Wildman–Crippen MR) is 92.4 cm³/mol. The smallest absolute Gasteiger partial charge is 0.327 e. The number of rotatable bonds is 6. The number of aliphatic carboxylic acids is 1. The molecule has 0 amide bonds. The molecule has 0 aliphatic heterocycles. The Labute approximate surface area is 140 Å². The molecule has 1 atom stereocenters. The van der Waals surface area contributed by atoms with Crippen molar-refractivity contribution in [2.24, 2.45) is 5.92 Å². The van der Waals surface area contributed by atoms with Gasteiger partial charge in [-0.15, -0.1) is 0 Å². The van der Waals surface area contributed by atoms with E-state index >= 15 is 0 Å². The van der Waals surface area contributed by atoms with Crippen molar-refractivity contribution in [2.75, 3.05) is 0 Å². The summed E-state index contributed by atoms with van der Waals surface area (Å²) in [6.45, 7) is 7.76. The minimum Gasteiger partial charge on any atom is -0.480 e. The van der Waals surface area contributed by atoms with Gasteiger partial charge < -0.3 is 10.1 Å². The molecule has 126 valence electrons. The summed E-state index contributed by atoms with van der Waals surface area (Å²) < 4.78 is 1.36. The van der Waals surface area contributed by atoms with Crippen LogP contribution in [0.2, 0.25) is 5.02 Å². The maximum Gasteiger partial charge on any atom is 0.327 e. The van der Waals surface area contributed by atoms with E-state index in [1.807, 2.05) is 6.07 Å². The second kappa shape index (κ2) is 6.79. The molecule has 0 radical (unpaired) electrons. The van der Waals surface area contributed by atoms with Crippen LogP contribution in [0, 0.1) is 5.92 Å². The van der Waals surface area contributed by atoms with Gasteiger partial charge in [0.05, 0.1) is 16.1 Å². The number of benzene rings is 1. The Morgan fingerprint density at radius 1 is 1.30 bits per heavy atom. The number of hydrogen-bond donors (Lipinski definition) is 2. The lowest BCUT2D eigenvalue weighted by Gasteiger charge is -2.21. The van der Waals surface area contributed by atoms with Gasteiger partial charge in [-0.2, -0.15) is 0 Å². The Balaban J connectivity index is 2.89. The topological polar surface area (TPSA) is 75.1 Å². The van der Waals surface area contributed by atoms with Crippen LogP contribution in [0.1, 0.15) is 58.1 Å². The number of carboxylic acid groups (broad SMARTS) is 1. The van der Waals surface area contributed by atoms with Gasteiger partial charge in [-0.05, 0) is 36.3 Å². The first kappa shape index (κ1) is 17.6. The third kappa shape index (κ3) is 3.02. The summed E-state index contributed by atoms with van der Waals surface area (Å²) in [4.78, 5) is 27.0. The van der Waals surface area contributed by atoms with Gasteiger partial charge in [0.15, 0.2) is 0 Å². The van der Waals surface area contributed by atoms with Gasteiger partial charge in [0.2, 0.25) is 0 Å². The van der Waals surface area contributed by atoms with Gasteiger partial charge in [0.1, 0.15) is 6.04 Å². The van der Waals surface area contributed by atoms with Crippen molar-refractivity contribution in [2.45, 2.75) is 52.5 Å². The molecule has 1 aromatic carbocycles. The monoisotopic (exact) mass is 338 g/mol. The molecule has 0 bridgehead atoms. The number of fused-ring (bicyclic) bond motifs is 1. The van der Waals surface area contributed by atoms with E-state index in [0.29, 0.717) is 16.1 Å². The minimum absolute atomic E-state index is 0.224. The van der Waals surface area contributed by atoms with Crippen molar-refractivity contribution >= 4 is 28.6 Å². The van der Waals surface area contributed by atoms with Crippen molar-refractivity contribution in [1.82, 2.24) is 9.55 Å². The highest BCUT2D eigenvalue weighted by Crippen LogP contribution is 2.34. The molecule has 0 spiro atoms. The van der Waals surface area contributed by atoms with Gasteiger partial charge in [0.25, 0.3) is 0 Å². The molecule has 0 saturated heterocycles. The van der Waals surface area contributed by atoms with Gasteiger partial charge in [-0.1, -0.05) is 45.4 Å². The number of imidazole rings is 1. The predicted octanol–water partition coefficient (Wildman–Crippen LogP) is 4.17. The molecule has 23 heavy (non-hydrogen) atoms. The van der Waals surface area contributed by atoms with Crippen LogP contribution < -0.4 is 5.69 Å². The SMILES string of the molecule is CCC(CC)c1ccc(Cl)c2[nH]c(=O)n(C(C(=O)O)C(C)C)c12. The molecule has 0 fully saturated rings. The summed E-state index contributed by atoms with van der Waals surface area (Å²) in [6.07, 6.45) is 1.82. The average molecular weight is 339 g/mol. The third-order valence-corrected chi connectivity index (χ3v) is 4.75. The van der Waals surface area contributed by atoms with Gasteiger partial charge in [-0.3, -0.25) is 4.57 Å². The second-order valence-corrected chi connectivity index (χ2v) is 6.61. The van der Waals surface area contributed by atoms with Crippen molar-refractivity contribution < 1.29 is 9.90 Å². The number of nitrogens with zero attached hydrogens (tertiary/aromatic N) is 1. The normalized spacial score (nSPS) is 13.2. The fourth-order valence-electron chi connectivity index (χ4n) is 3.25. The van der Waals surface area contributed by atoms with Crippen molar-refractivity contribution in [3.63, 3.8) is 0 Å². The van der Waals surface area contributed by atoms with Crippen LogP contribution in [-0.2, 0) is 4.79 Å². The lowest BCUT2D eigenvalue weighted by atomic mass is 9.92. The fourth-order valence-corrected chi connectivity index (χ4v) is 3.45. The molecule has 0 aliphatic carbocycles. The summed E-state index contributed by atoms with van der Waals surface area (Å²) in [5.41, 5.74) is 1.69. The largest absolute Gasteiger partial charge is 0.480 e. The average Bonchev–Trinajstić information content (AvgIpc) is 2.81. The van der Waals surface area contributed by atoms with Crippen LogP contribution in [0.4, 0.5) is 0 Å². The molecule has 5 nitrogen and oxygen atoms in total. The van der Waals surface area contributed by atoms with E-state index in [-0.39, 0.29) is 11.8 Å². The highest BCUT2D eigenvalue weighted by Gasteiger charge is 2.29.